The van der Waals surface area contributed by atoms with Crippen molar-refractivity contribution in [1.82, 2.24) is 9.97 Å². The molecule has 2 aromatic carbocycles. The minimum absolute atomic E-state index is 0.218. The normalized spacial score (nSPS) is 11.0. The maximum atomic E-state index is 9.92. The lowest BCUT2D eigenvalue weighted by atomic mass is 9.94. The molecule has 76 valence electrons. The molecule has 16 heavy (non-hydrogen) atoms. The summed E-state index contributed by atoms with van der Waals surface area (Å²) in [4.78, 5) is 8.88. The van der Waals surface area contributed by atoms with Gasteiger partial charge in [0, 0.05) is 0 Å². The van der Waals surface area contributed by atoms with Gasteiger partial charge in [-0.15, -0.1) is 0 Å². The van der Waals surface area contributed by atoms with Crippen LogP contribution in [0, 0.1) is 0 Å². The number of phenolic OH excluding ortho intramolecular Hbond substituents is 1. The lowest BCUT2D eigenvalue weighted by molar-refractivity contribution is 0.484. The van der Waals surface area contributed by atoms with E-state index in [4.69, 9.17) is 0 Å². The van der Waals surface area contributed by atoms with Crippen LogP contribution in [0.3, 0.4) is 0 Å². The molecule has 3 rings (SSSR count). The molecule has 0 fully saturated rings. The summed E-state index contributed by atoms with van der Waals surface area (Å²) in [6.07, 6.45) is 0. The van der Waals surface area contributed by atoms with E-state index in [-0.39, 0.29) is 5.75 Å². The zero-order chi connectivity index (χ0) is 11.1. The predicted octanol–water partition coefficient (Wildman–Crippen LogP) is 0.747. The summed E-state index contributed by atoms with van der Waals surface area (Å²) < 4.78 is 0. The van der Waals surface area contributed by atoms with E-state index in [1.807, 2.05) is 44.2 Å². The van der Waals surface area contributed by atoms with Gasteiger partial charge in [0.25, 0.3) is 0 Å². The summed E-state index contributed by atoms with van der Waals surface area (Å²) in [5, 5.41) is 9.92. The topological polar surface area (TPSA) is 46.0 Å². The van der Waals surface area contributed by atoms with Gasteiger partial charge in [-0.3, -0.25) is 0 Å². The Balaban J connectivity index is 2.51. The molecular weight excluding hydrogens is 199 g/mol. The third kappa shape index (κ3) is 1.23. The molecule has 3 aromatic rings. The van der Waals surface area contributed by atoms with Crippen LogP contribution in [0.15, 0.2) is 36.4 Å². The molecule has 0 aliphatic rings. The quantitative estimate of drug-likeness (QED) is 0.438. The highest BCUT2D eigenvalue weighted by atomic mass is 16.3. The molecule has 0 spiro atoms. The third-order valence-corrected chi connectivity index (χ3v) is 2.69. The first-order valence-corrected chi connectivity index (χ1v) is 5.11. The molecule has 0 saturated carbocycles. The van der Waals surface area contributed by atoms with Crippen molar-refractivity contribution in [3.8, 4) is 5.75 Å². The Morgan fingerprint density at radius 2 is 1.56 bits per heavy atom. The summed E-state index contributed by atoms with van der Waals surface area (Å²) in [5.41, 5.74) is 3.76. The summed E-state index contributed by atoms with van der Waals surface area (Å²) in [7, 11) is 1.85. The van der Waals surface area contributed by atoms with Crippen LogP contribution in [-0.4, -0.2) is 22.9 Å². The highest BCUT2D eigenvalue weighted by Gasteiger charge is 2.06. The number of rotatable bonds is 0. The fourth-order valence-corrected chi connectivity index (χ4v) is 1.77. The van der Waals surface area contributed by atoms with Crippen LogP contribution in [0.5, 0.6) is 5.75 Å². The number of nitrogens with zero attached hydrogens (tertiary/aromatic N) is 2. The highest BCUT2D eigenvalue weighted by molar-refractivity contribution is 6.35. The summed E-state index contributed by atoms with van der Waals surface area (Å²) >= 11 is 0. The Bertz CT molecular complexity index is 697. The first-order valence-electron chi connectivity index (χ1n) is 5.11. The molecule has 0 aliphatic carbocycles. The van der Waals surface area contributed by atoms with Crippen molar-refractivity contribution in [2.24, 2.45) is 0 Å². The maximum Gasteiger partial charge on any atom is 0.144 e. The molecule has 1 N–H and O–H groups in total. The van der Waals surface area contributed by atoms with Crippen molar-refractivity contribution in [3.63, 3.8) is 0 Å². The Kier molecular flexibility index (Phi) is 1.83. The van der Waals surface area contributed by atoms with Crippen LogP contribution in [0.25, 0.3) is 22.1 Å². The molecule has 1 aromatic heterocycles. The van der Waals surface area contributed by atoms with Crippen molar-refractivity contribution in [2.75, 3.05) is 0 Å². The summed E-state index contributed by atoms with van der Waals surface area (Å²) in [6, 6.07) is 11.4. The molecule has 3 nitrogen and oxygen atoms in total. The lowest BCUT2D eigenvalue weighted by Gasteiger charge is -2.04. The SMILES string of the molecule is Bc1ccc2nc3ccccc3nc2c1O. The Labute approximate surface area is 93.2 Å². The average molecular weight is 208 g/mol. The van der Waals surface area contributed by atoms with Gasteiger partial charge in [0.05, 0.1) is 16.6 Å². The van der Waals surface area contributed by atoms with E-state index in [2.05, 4.69) is 9.97 Å². The van der Waals surface area contributed by atoms with Crippen molar-refractivity contribution in [2.45, 2.75) is 0 Å². The number of hydrogen-bond acceptors (Lipinski definition) is 3. The minimum atomic E-state index is 0.218. The van der Waals surface area contributed by atoms with Gasteiger partial charge in [-0.05, 0) is 23.7 Å². The lowest BCUT2D eigenvalue weighted by Crippen LogP contribution is -2.03. The standard InChI is InChI=1S/C12H9BN2O/c13-7-5-6-10-11(12(7)16)15-9-4-2-1-3-8(9)14-10/h1-6,16H,13H2. The Morgan fingerprint density at radius 3 is 2.31 bits per heavy atom. The van der Waals surface area contributed by atoms with Gasteiger partial charge < -0.3 is 5.11 Å². The maximum absolute atomic E-state index is 9.92. The second-order valence-electron chi connectivity index (χ2n) is 3.81. The van der Waals surface area contributed by atoms with E-state index in [0.29, 0.717) is 5.52 Å². The molecule has 0 bridgehead atoms. The number of benzene rings is 2. The second kappa shape index (κ2) is 3.20. The van der Waals surface area contributed by atoms with Crippen molar-refractivity contribution in [3.05, 3.63) is 36.4 Å². The van der Waals surface area contributed by atoms with Crippen LogP contribution >= 0.6 is 0 Å². The molecule has 0 amide bonds. The fourth-order valence-electron chi connectivity index (χ4n) is 1.77. The van der Waals surface area contributed by atoms with Crippen molar-refractivity contribution >= 4 is 35.4 Å². The van der Waals surface area contributed by atoms with E-state index < -0.39 is 0 Å². The second-order valence-corrected chi connectivity index (χ2v) is 3.81. The number of hydrogen-bond donors (Lipinski definition) is 1. The van der Waals surface area contributed by atoms with Gasteiger partial charge in [0.15, 0.2) is 0 Å². The fraction of sp³-hybridized carbons (Fsp3) is 0. The van der Waals surface area contributed by atoms with Gasteiger partial charge in [0.2, 0.25) is 0 Å². The molecular formula is C12H9BN2O. The van der Waals surface area contributed by atoms with Gasteiger partial charge >= 0.3 is 0 Å². The smallest absolute Gasteiger partial charge is 0.144 e. The molecule has 1 heterocycles. The van der Waals surface area contributed by atoms with Crippen LogP contribution in [0.2, 0.25) is 0 Å². The van der Waals surface area contributed by atoms with Gasteiger partial charge in [0.1, 0.15) is 19.1 Å². The Hall–Kier alpha value is -2.10. The number of fused-ring (bicyclic) bond motifs is 2. The van der Waals surface area contributed by atoms with E-state index in [0.717, 1.165) is 22.0 Å². The van der Waals surface area contributed by atoms with Crippen molar-refractivity contribution in [1.29, 1.82) is 0 Å². The van der Waals surface area contributed by atoms with Crippen LogP contribution < -0.4 is 5.46 Å². The van der Waals surface area contributed by atoms with E-state index >= 15 is 0 Å². The molecule has 0 atom stereocenters. The third-order valence-electron chi connectivity index (χ3n) is 2.69. The number of aromatic hydroxyl groups is 1. The molecule has 0 saturated heterocycles. The van der Waals surface area contributed by atoms with Crippen LogP contribution in [0.1, 0.15) is 0 Å². The molecule has 0 unspecified atom stereocenters. The van der Waals surface area contributed by atoms with Crippen LogP contribution in [-0.2, 0) is 0 Å². The summed E-state index contributed by atoms with van der Waals surface area (Å²) in [5.74, 6) is 0.218. The molecule has 4 heteroatoms. The number of phenols is 1. The summed E-state index contributed by atoms with van der Waals surface area (Å²) in [6.45, 7) is 0. The largest absolute Gasteiger partial charge is 0.506 e. The van der Waals surface area contributed by atoms with E-state index in [1.165, 1.54) is 0 Å². The monoisotopic (exact) mass is 208 g/mol. The first kappa shape index (κ1) is 9.15. The number of aromatic nitrogens is 2. The molecule has 0 radical (unpaired) electrons. The minimum Gasteiger partial charge on any atom is -0.506 e. The zero-order valence-corrected chi connectivity index (χ0v) is 8.81. The Morgan fingerprint density at radius 1 is 0.875 bits per heavy atom. The highest BCUT2D eigenvalue weighted by Crippen LogP contribution is 2.21. The predicted molar refractivity (Wildman–Crippen MR) is 66.9 cm³/mol. The van der Waals surface area contributed by atoms with Gasteiger partial charge in [-0.1, -0.05) is 18.2 Å². The molecule has 0 aliphatic heterocycles. The van der Waals surface area contributed by atoms with E-state index in [1.54, 1.807) is 0 Å². The van der Waals surface area contributed by atoms with Gasteiger partial charge in [-0.2, -0.15) is 0 Å². The van der Waals surface area contributed by atoms with Crippen LogP contribution in [0.4, 0.5) is 0 Å². The first-order chi connectivity index (χ1) is 7.75. The average Bonchev–Trinajstić information content (AvgIpc) is 2.32. The van der Waals surface area contributed by atoms with Crippen molar-refractivity contribution < 1.29 is 5.11 Å². The number of para-hydroxylation sites is 2. The van der Waals surface area contributed by atoms with E-state index in [9.17, 15) is 5.11 Å². The zero-order valence-electron chi connectivity index (χ0n) is 8.81. The van der Waals surface area contributed by atoms with Gasteiger partial charge in [-0.25, -0.2) is 9.97 Å².